The largest absolute Gasteiger partial charge is 0.464 e. The van der Waals surface area contributed by atoms with Crippen molar-refractivity contribution in [3.63, 3.8) is 0 Å². The van der Waals surface area contributed by atoms with Gasteiger partial charge in [-0.25, -0.2) is 19.9 Å². The van der Waals surface area contributed by atoms with Gasteiger partial charge in [-0.1, -0.05) is 11.6 Å². The van der Waals surface area contributed by atoms with Crippen LogP contribution in [0.25, 0.3) is 16.9 Å². The third-order valence-corrected chi connectivity index (χ3v) is 4.53. The van der Waals surface area contributed by atoms with Gasteiger partial charge in [0.2, 0.25) is 5.88 Å². The van der Waals surface area contributed by atoms with Gasteiger partial charge in [0, 0.05) is 19.2 Å². The quantitative estimate of drug-likeness (QED) is 0.439. The summed E-state index contributed by atoms with van der Waals surface area (Å²) in [7, 11) is 0. The zero-order chi connectivity index (χ0) is 21.8. The van der Waals surface area contributed by atoms with Crippen LogP contribution < -0.4 is 10.1 Å². The molecule has 4 aromatic heterocycles. The minimum absolute atomic E-state index is 0.0385. The van der Waals surface area contributed by atoms with Crippen LogP contribution in [0.2, 0.25) is 5.02 Å². The number of aliphatic hydroxyl groups is 1. The van der Waals surface area contributed by atoms with E-state index in [2.05, 4.69) is 35.3 Å². The summed E-state index contributed by atoms with van der Waals surface area (Å²) >= 11 is 6.22. The first-order valence-corrected chi connectivity index (χ1v) is 9.61. The Kier molecular flexibility index (Phi) is 5.96. The number of aliphatic hydroxyl groups excluding tert-OH is 1. The van der Waals surface area contributed by atoms with Gasteiger partial charge < -0.3 is 15.2 Å². The molecule has 0 radical (unpaired) electrons. The Balaban J connectivity index is 1.62. The van der Waals surface area contributed by atoms with Crippen molar-refractivity contribution in [1.29, 1.82) is 0 Å². The van der Waals surface area contributed by atoms with E-state index in [-0.39, 0.29) is 24.7 Å². The number of pyridine rings is 1. The van der Waals surface area contributed by atoms with E-state index in [1.54, 1.807) is 25.3 Å². The topological polar surface area (TPSA) is 141 Å². The predicted octanol–water partition coefficient (Wildman–Crippen LogP) is 1.73. The van der Waals surface area contributed by atoms with Gasteiger partial charge >= 0.3 is 0 Å². The number of anilines is 1. The summed E-state index contributed by atoms with van der Waals surface area (Å²) in [5.41, 5.74) is 1.12. The fourth-order valence-corrected chi connectivity index (χ4v) is 2.97. The predicted molar refractivity (Wildman–Crippen MR) is 111 cm³/mol. The first-order valence-electron chi connectivity index (χ1n) is 9.23. The molecule has 4 rings (SSSR count). The normalized spacial score (nSPS) is 12.0. The molecule has 0 fully saturated rings. The number of fused-ring (bicyclic) bond motifs is 1. The van der Waals surface area contributed by atoms with Crippen molar-refractivity contribution in [2.24, 2.45) is 0 Å². The van der Waals surface area contributed by atoms with Gasteiger partial charge in [0.05, 0.1) is 29.3 Å². The summed E-state index contributed by atoms with van der Waals surface area (Å²) in [6.07, 6.45) is 6.34. The number of aromatic nitrogens is 7. The van der Waals surface area contributed by atoms with E-state index < -0.39 is 12.0 Å². The van der Waals surface area contributed by atoms with Crippen molar-refractivity contribution in [1.82, 2.24) is 34.7 Å². The minimum atomic E-state index is -1.03. The van der Waals surface area contributed by atoms with Gasteiger partial charge in [-0.3, -0.25) is 9.78 Å². The monoisotopic (exact) mass is 440 g/mol. The Morgan fingerprint density at radius 1 is 1.23 bits per heavy atom. The van der Waals surface area contributed by atoms with Crippen molar-refractivity contribution >= 4 is 34.4 Å². The molecule has 0 saturated heterocycles. The van der Waals surface area contributed by atoms with E-state index in [4.69, 9.17) is 16.3 Å². The third-order valence-electron chi connectivity index (χ3n) is 4.24. The maximum atomic E-state index is 12.7. The Morgan fingerprint density at radius 3 is 2.84 bits per heavy atom. The summed E-state index contributed by atoms with van der Waals surface area (Å²) in [6.45, 7) is 1.52. The van der Waals surface area contributed by atoms with Crippen molar-refractivity contribution in [3.05, 3.63) is 54.0 Å². The molecular weight excluding hydrogens is 424 g/mol. The second-order valence-electron chi connectivity index (χ2n) is 6.43. The fourth-order valence-electron chi connectivity index (χ4n) is 2.76. The van der Waals surface area contributed by atoms with E-state index in [0.717, 1.165) is 5.69 Å². The number of aryl methyl sites for hydroxylation is 1. The minimum Gasteiger partial charge on any atom is -0.464 e. The maximum absolute atomic E-state index is 12.7. The lowest BCUT2D eigenvalue weighted by Crippen LogP contribution is -2.34. The van der Waals surface area contributed by atoms with Crippen LogP contribution >= 0.6 is 11.6 Å². The van der Waals surface area contributed by atoms with Crippen molar-refractivity contribution < 1.29 is 14.6 Å². The Bertz CT molecular complexity index is 1210. The molecule has 0 saturated carbocycles. The van der Waals surface area contributed by atoms with Crippen LogP contribution in [0, 0.1) is 6.92 Å². The van der Waals surface area contributed by atoms with Crippen LogP contribution in [0.5, 0.6) is 5.88 Å². The summed E-state index contributed by atoms with van der Waals surface area (Å²) < 4.78 is 7.28. The molecule has 4 heterocycles. The van der Waals surface area contributed by atoms with Gasteiger partial charge in [0.15, 0.2) is 23.4 Å². The number of carbonyl (C=O) groups excluding carboxylic acids is 1. The molecule has 158 valence electrons. The number of nitrogens with zero attached hydrogens (tertiary/aromatic N) is 7. The molecular formula is C19H17ClN8O3. The lowest BCUT2D eigenvalue weighted by molar-refractivity contribution is -0.123. The SMILES string of the molecule is Cc1cnc(NC(=O)C(CCO)Oc2ncnc3c2cnn3-c2ncccc2Cl)cn1. The average molecular weight is 441 g/mol. The maximum Gasteiger partial charge on any atom is 0.266 e. The Labute approximate surface area is 181 Å². The number of ether oxygens (including phenoxy) is 1. The molecule has 1 atom stereocenters. The zero-order valence-electron chi connectivity index (χ0n) is 16.3. The molecule has 2 N–H and O–H groups in total. The summed E-state index contributed by atoms with van der Waals surface area (Å²) in [4.78, 5) is 33.5. The van der Waals surface area contributed by atoms with E-state index in [1.165, 1.54) is 29.6 Å². The highest BCUT2D eigenvalue weighted by molar-refractivity contribution is 6.32. The molecule has 0 aromatic carbocycles. The number of rotatable bonds is 7. The summed E-state index contributed by atoms with van der Waals surface area (Å²) in [5.74, 6) is 0.296. The summed E-state index contributed by atoms with van der Waals surface area (Å²) in [5, 5.41) is 17.2. The van der Waals surface area contributed by atoms with E-state index >= 15 is 0 Å². The third kappa shape index (κ3) is 4.42. The molecule has 4 aromatic rings. The van der Waals surface area contributed by atoms with Crippen molar-refractivity contribution in [2.45, 2.75) is 19.4 Å². The van der Waals surface area contributed by atoms with E-state index in [1.807, 2.05) is 0 Å². The molecule has 1 unspecified atom stereocenters. The lowest BCUT2D eigenvalue weighted by Gasteiger charge is -2.17. The number of amides is 1. The van der Waals surface area contributed by atoms with Crippen molar-refractivity contribution in [2.75, 3.05) is 11.9 Å². The number of hydrogen-bond acceptors (Lipinski definition) is 9. The highest BCUT2D eigenvalue weighted by Gasteiger charge is 2.24. The van der Waals surface area contributed by atoms with Gasteiger partial charge in [-0.2, -0.15) is 9.78 Å². The van der Waals surface area contributed by atoms with Gasteiger partial charge in [-0.15, -0.1) is 0 Å². The second kappa shape index (κ2) is 8.98. The number of carbonyl (C=O) groups is 1. The highest BCUT2D eigenvalue weighted by atomic mass is 35.5. The van der Waals surface area contributed by atoms with Crippen LogP contribution in [-0.2, 0) is 4.79 Å². The van der Waals surface area contributed by atoms with Crippen LogP contribution in [-0.4, -0.2) is 58.4 Å². The molecule has 0 bridgehead atoms. The van der Waals surface area contributed by atoms with Crippen LogP contribution in [0.3, 0.4) is 0 Å². The van der Waals surface area contributed by atoms with E-state index in [9.17, 15) is 9.90 Å². The van der Waals surface area contributed by atoms with Gasteiger partial charge in [0.25, 0.3) is 5.91 Å². The zero-order valence-corrected chi connectivity index (χ0v) is 17.1. The molecule has 0 aliphatic rings. The Morgan fingerprint density at radius 2 is 2.10 bits per heavy atom. The molecule has 31 heavy (non-hydrogen) atoms. The fraction of sp³-hybridized carbons (Fsp3) is 0.211. The molecule has 0 spiro atoms. The van der Waals surface area contributed by atoms with Crippen LogP contribution in [0.15, 0.2) is 43.2 Å². The van der Waals surface area contributed by atoms with Crippen molar-refractivity contribution in [3.8, 4) is 11.7 Å². The van der Waals surface area contributed by atoms with E-state index in [0.29, 0.717) is 21.9 Å². The molecule has 12 heteroatoms. The van der Waals surface area contributed by atoms with Gasteiger partial charge in [-0.05, 0) is 19.1 Å². The number of halogens is 1. The standard InChI is InChI=1S/C19H17ClN8O3/c1-11-7-23-15(9-22-11)27-18(30)14(4-6-29)31-19-12-8-26-28(16(12)24-10-25-19)17-13(20)3-2-5-21-17/h2-3,5,7-10,14,29H,4,6H2,1H3,(H,23,27,30). The highest BCUT2D eigenvalue weighted by Crippen LogP contribution is 2.26. The van der Waals surface area contributed by atoms with Crippen LogP contribution in [0.1, 0.15) is 12.1 Å². The number of hydrogen-bond donors (Lipinski definition) is 2. The number of nitrogens with one attached hydrogen (secondary N) is 1. The Hall–Kier alpha value is -3.70. The van der Waals surface area contributed by atoms with Gasteiger partial charge in [0.1, 0.15) is 11.7 Å². The molecule has 0 aliphatic carbocycles. The lowest BCUT2D eigenvalue weighted by atomic mass is 10.2. The first kappa shape index (κ1) is 20.6. The smallest absolute Gasteiger partial charge is 0.266 e. The second-order valence-corrected chi connectivity index (χ2v) is 6.84. The molecule has 1 amide bonds. The van der Waals surface area contributed by atoms with Crippen LogP contribution in [0.4, 0.5) is 5.82 Å². The molecule has 11 nitrogen and oxygen atoms in total. The molecule has 0 aliphatic heterocycles. The summed E-state index contributed by atoms with van der Waals surface area (Å²) in [6, 6.07) is 3.39. The first-order chi connectivity index (χ1) is 15.1. The average Bonchev–Trinajstić information content (AvgIpc) is 3.20.